The van der Waals surface area contributed by atoms with Crippen molar-refractivity contribution in [2.75, 3.05) is 40.0 Å². The lowest BCUT2D eigenvalue weighted by atomic mass is 10.1. The van der Waals surface area contributed by atoms with Crippen LogP contribution in [-0.4, -0.2) is 60.3 Å². The Hall–Kier alpha value is -1.17. The molecule has 5 nitrogen and oxygen atoms in total. The molecule has 0 fully saturated rings. The number of ketones is 1. The van der Waals surface area contributed by atoms with Crippen molar-refractivity contribution in [2.24, 2.45) is 0 Å². The summed E-state index contributed by atoms with van der Waals surface area (Å²) in [6, 6.07) is 1.95. The van der Waals surface area contributed by atoms with E-state index < -0.39 is 0 Å². The fourth-order valence-electron chi connectivity index (χ4n) is 2.49. The first-order valence-corrected chi connectivity index (χ1v) is 7.07. The van der Waals surface area contributed by atoms with Gasteiger partial charge in [-0.1, -0.05) is 0 Å². The Balaban J connectivity index is 2.78. The van der Waals surface area contributed by atoms with Crippen LogP contribution < -0.4 is 0 Å². The fraction of sp³-hybridized carbons (Fsp3) is 0.667. The van der Waals surface area contributed by atoms with Crippen LogP contribution in [0.25, 0.3) is 0 Å². The zero-order valence-electron chi connectivity index (χ0n) is 13.0. The van der Waals surface area contributed by atoms with Crippen LogP contribution in [0.1, 0.15) is 28.7 Å². The van der Waals surface area contributed by atoms with Gasteiger partial charge in [-0.2, -0.15) is 0 Å². The molecular weight excluding hydrogens is 256 g/mol. The van der Waals surface area contributed by atoms with Crippen LogP contribution in [-0.2, 0) is 11.3 Å². The van der Waals surface area contributed by atoms with Gasteiger partial charge in [-0.3, -0.25) is 9.69 Å². The highest BCUT2D eigenvalue weighted by molar-refractivity contribution is 5.99. The van der Waals surface area contributed by atoms with E-state index in [2.05, 4.69) is 11.5 Å². The third-order valence-electron chi connectivity index (χ3n) is 3.59. The summed E-state index contributed by atoms with van der Waals surface area (Å²) in [5.41, 5.74) is 2.91. The zero-order chi connectivity index (χ0) is 15.1. The summed E-state index contributed by atoms with van der Waals surface area (Å²) in [4.78, 5) is 14.3. The van der Waals surface area contributed by atoms with Crippen LogP contribution in [0.5, 0.6) is 0 Å². The van der Waals surface area contributed by atoms with E-state index in [1.165, 1.54) is 0 Å². The largest absolute Gasteiger partial charge is 0.395 e. The molecule has 0 amide bonds. The number of ether oxygens (including phenoxy) is 1. The summed E-state index contributed by atoms with van der Waals surface area (Å²) in [5.74, 6) is 0.0994. The highest BCUT2D eigenvalue weighted by atomic mass is 16.5. The molecule has 1 aromatic heterocycles. The van der Waals surface area contributed by atoms with Crippen molar-refractivity contribution in [1.29, 1.82) is 0 Å². The normalized spacial score (nSPS) is 11.3. The van der Waals surface area contributed by atoms with Crippen molar-refractivity contribution in [3.05, 3.63) is 23.0 Å². The van der Waals surface area contributed by atoms with Gasteiger partial charge in [0.1, 0.15) is 0 Å². The number of aliphatic hydroxyl groups excluding tert-OH is 1. The molecule has 20 heavy (non-hydrogen) atoms. The molecular formula is C15H26N2O3. The van der Waals surface area contributed by atoms with Crippen LogP contribution in [0.15, 0.2) is 6.07 Å². The second kappa shape index (κ2) is 8.19. The average molecular weight is 282 g/mol. The topological polar surface area (TPSA) is 54.7 Å². The van der Waals surface area contributed by atoms with Gasteiger partial charge in [-0.05, 0) is 26.8 Å². The number of aryl methyl sites for hydroxylation is 1. The number of carbonyl (C=O) groups excluding carboxylic acids is 1. The Morgan fingerprint density at radius 3 is 2.60 bits per heavy atom. The molecule has 0 aliphatic carbocycles. The van der Waals surface area contributed by atoms with Crippen molar-refractivity contribution in [3.63, 3.8) is 0 Å². The minimum atomic E-state index is 0.0466. The van der Waals surface area contributed by atoms with E-state index in [4.69, 9.17) is 9.84 Å². The first kappa shape index (κ1) is 16.9. The highest BCUT2D eigenvalue weighted by Gasteiger charge is 2.17. The monoisotopic (exact) mass is 282 g/mol. The Labute approximate surface area is 121 Å². The molecule has 0 spiro atoms. The van der Waals surface area contributed by atoms with E-state index in [0.717, 1.165) is 23.5 Å². The standard InChI is InChI=1S/C15H26N2O3/c1-5-17-12(2)10-14(13(17)3)15(19)11-16(6-8-18)7-9-20-4/h10,18H,5-9,11H2,1-4H3. The molecule has 1 heterocycles. The minimum absolute atomic E-state index is 0.0466. The van der Waals surface area contributed by atoms with Crippen LogP contribution in [0.3, 0.4) is 0 Å². The first-order valence-electron chi connectivity index (χ1n) is 7.07. The summed E-state index contributed by atoms with van der Waals surface area (Å²) < 4.78 is 7.17. The predicted molar refractivity (Wildman–Crippen MR) is 79.3 cm³/mol. The fourth-order valence-corrected chi connectivity index (χ4v) is 2.49. The van der Waals surface area contributed by atoms with E-state index in [9.17, 15) is 4.79 Å². The maximum absolute atomic E-state index is 12.4. The molecule has 0 aromatic carbocycles. The molecule has 0 atom stereocenters. The van der Waals surface area contributed by atoms with E-state index in [-0.39, 0.29) is 12.4 Å². The van der Waals surface area contributed by atoms with Crippen molar-refractivity contribution in [1.82, 2.24) is 9.47 Å². The van der Waals surface area contributed by atoms with Gasteiger partial charge in [-0.15, -0.1) is 0 Å². The summed E-state index contributed by atoms with van der Waals surface area (Å²) in [5, 5.41) is 9.06. The minimum Gasteiger partial charge on any atom is -0.395 e. The molecule has 0 unspecified atom stereocenters. The summed E-state index contributed by atoms with van der Waals surface area (Å²) in [6.07, 6.45) is 0. The van der Waals surface area contributed by atoms with Gasteiger partial charge in [0.25, 0.3) is 0 Å². The number of Topliss-reactive ketones (excluding diaryl/α,β-unsaturated/α-hetero) is 1. The molecule has 0 aliphatic rings. The maximum atomic E-state index is 12.4. The lowest BCUT2D eigenvalue weighted by Gasteiger charge is -2.19. The van der Waals surface area contributed by atoms with E-state index in [1.807, 2.05) is 24.8 Å². The number of aromatic nitrogens is 1. The molecule has 0 saturated carbocycles. The number of carbonyl (C=O) groups is 1. The van der Waals surface area contributed by atoms with Crippen LogP contribution in [0.4, 0.5) is 0 Å². The van der Waals surface area contributed by atoms with Crippen molar-refractivity contribution in [2.45, 2.75) is 27.3 Å². The van der Waals surface area contributed by atoms with E-state index in [1.54, 1.807) is 7.11 Å². The Kier molecular flexibility index (Phi) is 6.91. The molecule has 0 saturated heterocycles. The smallest absolute Gasteiger partial charge is 0.178 e. The molecule has 1 rings (SSSR count). The summed E-state index contributed by atoms with van der Waals surface area (Å²) in [7, 11) is 1.63. The number of rotatable bonds is 9. The number of hydrogen-bond donors (Lipinski definition) is 1. The van der Waals surface area contributed by atoms with E-state index in [0.29, 0.717) is 26.2 Å². The lowest BCUT2D eigenvalue weighted by Crippen LogP contribution is -2.35. The third kappa shape index (κ3) is 4.16. The SMILES string of the molecule is CCn1c(C)cc(C(=O)CN(CCO)CCOC)c1C. The number of nitrogens with zero attached hydrogens (tertiary/aromatic N) is 2. The maximum Gasteiger partial charge on any atom is 0.178 e. The van der Waals surface area contributed by atoms with E-state index >= 15 is 0 Å². The predicted octanol–water partition coefficient (Wildman–Crippen LogP) is 1.25. The first-order chi connectivity index (χ1) is 9.54. The molecule has 114 valence electrons. The average Bonchev–Trinajstić information content (AvgIpc) is 2.71. The number of hydrogen-bond acceptors (Lipinski definition) is 4. The zero-order valence-corrected chi connectivity index (χ0v) is 13.0. The number of methoxy groups -OCH3 is 1. The second-order valence-corrected chi connectivity index (χ2v) is 4.94. The Morgan fingerprint density at radius 2 is 2.10 bits per heavy atom. The Morgan fingerprint density at radius 1 is 1.40 bits per heavy atom. The molecule has 0 aliphatic heterocycles. The molecule has 1 N–H and O–H groups in total. The van der Waals surface area contributed by atoms with Gasteiger partial charge >= 0.3 is 0 Å². The van der Waals surface area contributed by atoms with Gasteiger partial charge in [0, 0.05) is 43.7 Å². The quantitative estimate of drug-likeness (QED) is 0.693. The molecule has 0 bridgehead atoms. The van der Waals surface area contributed by atoms with Gasteiger partial charge < -0.3 is 14.4 Å². The third-order valence-corrected chi connectivity index (χ3v) is 3.59. The molecule has 0 radical (unpaired) electrons. The summed E-state index contributed by atoms with van der Waals surface area (Å²) in [6.45, 7) is 9.00. The highest BCUT2D eigenvalue weighted by Crippen LogP contribution is 2.16. The van der Waals surface area contributed by atoms with Crippen LogP contribution in [0.2, 0.25) is 0 Å². The van der Waals surface area contributed by atoms with Gasteiger partial charge in [0.05, 0.1) is 19.8 Å². The molecule has 5 heteroatoms. The van der Waals surface area contributed by atoms with Gasteiger partial charge in [0.2, 0.25) is 0 Å². The van der Waals surface area contributed by atoms with Gasteiger partial charge in [0.15, 0.2) is 5.78 Å². The molecule has 1 aromatic rings. The van der Waals surface area contributed by atoms with Crippen LogP contribution in [0, 0.1) is 13.8 Å². The Bertz CT molecular complexity index is 441. The number of aliphatic hydroxyl groups is 1. The van der Waals surface area contributed by atoms with Crippen molar-refractivity contribution in [3.8, 4) is 0 Å². The lowest BCUT2D eigenvalue weighted by molar-refractivity contribution is 0.0868. The van der Waals surface area contributed by atoms with Crippen molar-refractivity contribution >= 4 is 5.78 Å². The van der Waals surface area contributed by atoms with Gasteiger partial charge in [-0.25, -0.2) is 0 Å². The van der Waals surface area contributed by atoms with Crippen LogP contribution >= 0.6 is 0 Å². The summed E-state index contributed by atoms with van der Waals surface area (Å²) >= 11 is 0. The van der Waals surface area contributed by atoms with Crippen molar-refractivity contribution < 1.29 is 14.6 Å². The second-order valence-electron chi connectivity index (χ2n) is 4.94.